The molecule has 2 aliphatic heterocycles. The third-order valence-electron chi connectivity index (χ3n) is 4.73. The van der Waals surface area contributed by atoms with Crippen LogP contribution in [0.2, 0.25) is 0 Å². The van der Waals surface area contributed by atoms with Crippen LogP contribution in [0.3, 0.4) is 0 Å². The Morgan fingerprint density at radius 2 is 1.89 bits per heavy atom. The van der Waals surface area contributed by atoms with Gasteiger partial charge in [0.05, 0.1) is 6.42 Å². The first-order valence-electron chi connectivity index (χ1n) is 9.63. The molecule has 146 valence electrons. The van der Waals surface area contributed by atoms with Gasteiger partial charge in [0.15, 0.2) is 16.7 Å². The molecule has 1 amide bonds. The number of hydrogen-bond acceptors (Lipinski definition) is 5. The summed E-state index contributed by atoms with van der Waals surface area (Å²) >= 11 is 1.68. The number of rotatable bonds is 5. The van der Waals surface area contributed by atoms with E-state index in [1.165, 1.54) is 5.56 Å². The summed E-state index contributed by atoms with van der Waals surface area (Å²) in [5.74, 6) is 1.54. The molecular weight excluding hydrogens is 372 g/mol. The maximum Gasteiger partial charge on any atom is 0.232 e. The molecule has 0 aliphatic carbocycles. The smallest absolute Gasteiger partial charge is 0.232 e. The van der Waals surface area contributed by atoms with Crippen LogP contribution in [0, 0.1) is 0 Å². The van der Waals surface area contributed by atoms with Crippen LogP contribution in [0.25, 0.3) is 0 Å². The average molecular weight is 397 g/mol. The quantitative estimate of drug-likeness (QED) is 0.775. The number of thioether (sulfide) groups is 1. The molecule has 0 radical (unpaired) electrons. The van der Waals surface area contributed by atoms with Crippen molar-refractivity contribution in [2.75, 3.05) is 26.3 Å². The number of ether oxygens (including phenoxy) is 2. The second-order valence-electron chi connectivity index (χ2n) is 6.99. The Labute approximate surface area is 169 Å². The summed E-state index contributed by atoms with van der Waals surface area (Å²) in [5.41, 5.74) is 2.19. The molecule has 0 saturated carbocycles. The molecule has 0 aromatic heterocycles. The molecule has 2 heterocycles. The summed E-state index contributed by atoms with van der Waals surface area (Å²) in [6, 6.07) is 16.0. The number of benzene rings is 2. The average Bonchev–Trinajstić information content (AvgIpc) is 3.09. The minimum absolute atomic E-state index is 0.0759. The molecule has 1 fully saturated rings. The second-order valence-corrected chi connectivity index (χ2v) is 8.39. The van der Waals surface area contributed by atoms with E-state index in [1.807, 2.05) is 41.3 Å². The first-order valence-corrected chi connectivity index (χ1v) is 10.5. The number of carbonyl (C=O) groups is 1. The fourth-order valence-corrected chi connectivity index (χ4v) is 4.39. The zero-order valence-electron chi connectivity index (χ0n) is 16.0. The number of amidine groups is 1. The minimum Gasteiger partial charge on any atom is -0.486 e. The van der Waals surface area contributed by atoms with Gasteiger partial charge >= 0.3 is 0 Å². The Hall–Kier alpha value is -2.47. The normalized spacial score (nSPS) is 19.8. The van der Waals surface area contributed by atoms with Gasteiger partial charge in [0, 0.05) is 18.3 Å². The molecule has 0 spiro atoms. The van der Waals surface area contributed by atoms with Gasteiger partial charge in [0.2, 0.25) is 5.91 Å². The predicted molar refractivity (Wildman–Crippen MR) is 112 cm³/mol. The van der Waals surface area contributed by atoms with Gasteiger partial charge in [-0.05, 0) is 29.7 Å². The van der Waals surface area contributed by atoms with Crippen LogP contribution < -0.4 is 9.47 Å². The topological polar surface area (TPSA) is 51.1 Å². The first-order chi connectivity index (χ1) is 13.7. The molecule has 28 heavy (non-hydrogen) atoms. The van der Waals surface area contributed by atoms with E-state index in [1.54, 1.807) is 11.8 Å². The van der Waals surface area contributed by atoms with Crippen LogP contribution in [0.15, 0.2) is 53.5 Å². The number of carbonyl (C=O) groups excluding carboxylic acids is 1. The third kappa shape index (κ3) is 4.50. The summed E-state index contributed by atoms with van der Waals surface area (Å²) in [4.78, 5) is 19.5. The van der Waals surface area contributed by atoms with Crippen molar-refractivity contribution >= 4 is 22.8 Å². The highest BCUT2D eigenvalue weighted by Gasteiger charge is 2.30. The molecule has 0 N–H and O–H groups in total. The van der Waals surface area contributed by atoms with E-state index in [0.29, 0.717) is 38.0 Å². The highest BCUT2D eigenvalue weighted by molar-refractivity contribution is 8.14. The summed E-state index contributed by atoms with van der Waals surface area (Å²) < 4.78 is 11.2. The maximum absolute atomic E-state index is 12.9. The summed E-state index contributed by atoms with van der Waals surface area (Å²) in [5, 5.41) is 1.20. The SMILES string of the molecule is CC1CN(C(=O)Cc2ccc3c(c2)OCCO3)C(=NCCc2ccccc2)S1. The van der Waals surface area contributed by atoms with Crippen LogP contribution in [0.5, 0.6) is 11.5 Å². The Morgan fingerprint density at radius 1 is 1.11 bits per heavy atom. The molecule has 0 bridgehead atoms. The molecule has 2 aliphatic rings. The fourth-order valence-electron chi connectivity index (χ4n) is 3.34. The number of aliphatic imine (C=N–C) groups is 1. The van der Waals surface area contributed by atoms with E-state index >= 15 is 0 Å². The summed E-state index contributed by atoms with van der Waals surface area (Å²) in [6.07, 6.45) is 1.21. The van der Waals surface area contributed by atoms with Gasteiger partial charge in [-0.15, -0.1) is 0 Å². The molecule has 2 aromatic rings. The van der Waals surface area contributed by atoms with Gasteiger partial charge in [-0.3, -0.25) is 14.7 Å². The molecule has 6 heteroatoms. The number of hydrogen-bond donors (Lipinski definition) is 0. The zero-order valence-corrected chi connectivity index (χ0v) is 16.8. The molecule has 2 aromatic carbocycles. The van der Waals surface area contributed by atoms with Crippen molar-refractivity contribution in [3.63, 3.8) is 0 Å². The van der Waals surface area contributed by atoms with Crippen molar-refractivity contribution in [1.29, 1.82) is 0 Å². The molecular formula is C22H24N2O3S. The Balaban J connectivity index is 1.41. The predicted octanol–water partition coefficient (Wildman–Crippen LogP) is 3.56. The number of fused-ring (bicyclic) bond motifs is 1. The van der Waals surface area contributed by atoms with Crippen LogP contribution in [-0.2, 0) is 17.6 Å². The number of amides is 1. The van der Waals surface area contributed by atoms with Gasteiger partial charge in [0.1, 0.15) is 13.2 Å². The largest absolute Gasteiger partial charge is 0.486 e. The molecule has 1 unspecified atom stereocenters. The van der Waals surface area contributed by atoms with Crippen LogP contribution in [-0.4, -0.2) is 47.5 Å². The van der Waals surface area contributed by atoms with Crippen molar-refractivity contribution in [3.8, 4) is 11.5 Å². The lowest BCUT2D eigenvalue weighted by Crippen LogP contribution is -2.34. The van der Waals surface area contributed by atoms with Gasteiger partial charge in [-0.2, -0.15) is 0 Å². The van der Waals surface area contributed by atoms with E-state index in [4.69, 9.17) is 14.5 Å². The molecule has 1 saturated heterocycles. The molecule has 4 rings (SSSR count). The van der Waals surface area contributed by atoms with Crippen molar-refractivity contribution in [3.05, 3.63) is 59.7 Å². The van der Waals surface area contributed by atoms with Crippen LogP contribution in [0.1, 0.15) is 18.1 Å². The fraction of sp³-hybridized carbons (Fsp3) is 0.364. The standard InChI is InChI=1S/C22H24N2O3S/c1-16-15-24(22(28-16)23-10-9-17-5-3-2-4-6-17)21(25)14-18-7-8-19-20(13-18)27-12-11-26-19/h2-8,13,16H,9-12,14-15H2,1H3. The zero-order chi connectivity index (χ0) is 19.3. The highest BCUT2D eigenvalue weighted by atomic mass is 32.2. The molecule has 5 nitrogen and oxygen atoms in total. The molecule has 1 atom stereocenters. The monoisotopic (exact) mass is 396 g/mol. The van der Waals surface area contributed by atoms with E-state index in [0.717, 1.165) is 28.7 Å². The van der Waals surface area contributed by atoms with E-state index in [2.05, 4.69) is 19.1 Å². The van der Waals surface area contributed by atoms with Gasteiger partial charge in [-0.1, -0.05) is 55.1 Å². The van der Waals surface area contributed by atoms with Gasteiger partial charge in [-0.25, -0.2) is 0 Å². The van der Waals surface area contributed by atoms with E-state index in [9.17, 15) is 4.79 Å². The Bertz CT molecular complexity index is 869. The third-order valence-corrected chi connectivity index (χ3v) is 5.84. The maximum atomic E-state index is 12.9. The summed E-state index contributed by atoms with van der Waals surface area (Å²) in [7, 11) is 0. The van der Waals surface area contributed by atoms with Gasteiger partial charge < -0.3 is 9.47 Å². The van der Waals surface area contributed by atoms with Crippen molar-refractivity contribution in [2.45, 2.75) is 25.0 Å². The lowest BCUT2D eigenvalue weighted by Gasteiger charge is -2.20. The highest BCUT2D eigenvalue weighted by Crippen LogP contribution is 2.31. The minimum atomic E-state index is 0.0759. The lowest BCUT2D eigenvalue weighted by atomic mass is 10.1. The van der Waals surface area contributed by atoms with Gasteiger partial charge in [0.25, 0.3) is 0 Å². The lowest BCUT2D eigenvalue weighted by molar-refractivity contribution is -0.126. The van der Waals surface area contributed by atoms with Crippen molar-refractivity contribution in [2.24, 2.45) is 4.99 Å². The van der Waals surface area contributed by atoms with E-state index in [-0.39, 0.29) is 5.91 Å². The second kappa shape index (κ2) is 8.69. The number of nitrogens with zero attached hydrogens (tertiary/aromatic N) is 2. The van der Waals surface area contributed by atoms with Crippen LogP contribution >= 0.6 is 11.8 Å². The van der Waals surface area contributed by atoms with Crippen molar-refractivity contribution < 1.29 is 14.3 Å². The van der Waals surface area contributed by atoms with Crippen molar-refractivity contribution in [1.82, 2.24) is 4.90 Å². The Kier molecular flexibility index (Phi) is 5.86. The van der Waals surface area contributed by atoms with E-state index < -0.39 is 0 Å². The Morgan fingerprint density at radius 3 is 2.71 bits per heavy atom. The summed E-state index contributed by atoms with van der Waals surface area (Å²) in [6.45, 7) is 4.64. The first kappa shape index (κ1) is 18.9. The van der Waals surface area contributed by atoms with Crippen LogP contribution in [0.4, 0.5) is 0 Å².